The van der Waals surface area contributed by atoms with Gasteiger partial charge in [-0.05, 0) is 47.0 Å². The fourth-order valence-electron chi connectivity index (χ4n) is 3.54. The van der Waals surface area contributed by atoms with E-state index in [4.69, 9.17) is 4.74 Å². The summed E-state index contributed by atoms with van der Waals surface area (Å²) in [5.41, 5.74) is -0.509. The van der Waals surface area contributed by atoms with Gasteiger partial charge in [0.2, 0.25) is 5.91 Å². The van der Waals surface area contributed by atoms with Gasteiger partial charge in [-0.3, -0.25) is 9.59 Å². The van der Waals surface area contributed by atoms with Crippen LogP contribution in [-0.4, -0.2) is 60.6 Å². The molecule has 2 rings (SSSR count). The van der Waals surface area contributed by atoms with Crippen molar-refractivity contribution in [1.29, 1.82) is 0 Å². The van der Waals surface area contributed by atoms with Crippen molar-refractivity contribution in [1.82, 2.24) is 15.5 Å². The van der Waals surface area contributed by atoms with Gasteiger partial charge in [-0.25, -0.2) is 4.99 Å². The zero-order chi connectivity index (χ0) is 19.2. The lowest BCUT2D eigenvalue weighted by atomic mass is 10.1. The molecule has 1 saturated heterocycles. The lowest BCUT2D eigenvalue weighted by Crippen LogP contribution is -2.45. The summed E-state index contributed by atoms with van der Waals surface area (Å²) in [6.07, 6.45) is 5.32. The van der Waals surface area contributed by atoms with E-state index in [0.29, 0.717) is 25.0 Å². The van der Waals surface area contributed by atoms with E-state index < -0.39 is 5.60 Å². The first kappa shape index (κ1) is 24.0. The summed E-state index contributed by atoms with van der Waals surface area (Å²) in [6.45, 7) is 9.67. The largest absolute Gasteiger partial charge is 0.459 e. The second-order valence-corrected chi connectivity index (χ2v) is 8.18. The average Bonchev–Trinajstić information content (AvgIpc) is 3.22. The Kier molecular flexibility index (Phi) is 9.83. The quantitative estimate of drug-likeness (QED) is 0.265. The Hall–Kier alpha value is -1.06. The van der Waals surface area contributed by atoms with Gasteiger partial charge >= 0.3 is 5.97 Å². The standard InChI is InChI=1S/C19H34N4O3.HI/c1-5-20-18(21-12-16(24)26-19(2,3)4)22-15-10-11-23(13-15)17(25)14-8-6-7-9-14;/h14-15H,5-13H2,1-4H3,(H2,20,21,22);1H. The van der Waals surface area contributed by atoms with E-state index in [1.807, 2.05) is 32.6 Å². The summed E-state index contributed by atoms with van der Waals surface area (Å²) in [7, 11) is 0. The number of guanidine groups is 1. The third-order valence-electron chi connectivity index (χ3n) is 4.68. The molecule has 0 aromatic carbocycles. The van der Waals surface area contributed by atoms with E-state index in [0.717, 1.165) is 25.8 Å². The van der Waals surface area contributed by atoms with E-state index >= 15 is 0 Å². The molecule has 1 aliphatic heterocycles. The number of likely N-dealkylation sites (tertiary alicyclic amines) is 1. The van der Waals surface area contributed by atoms with Crippen LogP contribution in [0.15, 0.2) is 4.99 Å². The summed E-state index contributed by atoms with van der Waals surface area (Å²) in [5.74, 6) is 0.781. The molecule has 156 valence electrons. The molecule has 1 heterocycles. The van der Waals surface area contributed by atoms with Crippen LogP contribution in [-0.2, 0) is 14.3 Å². The SMILES string of the molecule is CCNC(=NCC(=O)OC(C)(C)C)NC1CCN(C(=O)C2CCCC2)C1.I. The fourth-order valence-corrected chi connectivity index (χ4v) is 3.54. The number of nitrogens with one attached hydrogen (secondary N) is 2. The van der Waals surface area contributed by atoms with Crippen LogP contribution in [0.2, 0.25) is 0 Å². The van der Waals surface area contributed by atoms with E-state index in [1.165, 1.54) is 12.8 Å². The number of aliphatic imine (C=N–C) groups is 1. The number of halogens is 1. The molecule has 0 aromatic rings. The van der Waals surface area contributed by atoms with Crippen LogP contribution in [0.5, 0.6) is 0 Å². The Morgan fingerprint density at radius 1 is 1.19 bits per heavy atom. The van der Waals surface area contributed by atoms with Crippen molar-refractivity contribution < 1.29 is 14.3 Å². The van der Waals surface area contributed by atoms with Crippen LogP contribution in [0.3, 0.4) is 0 Å². The molecule has 2 fully saturated rings. The van der Waals surface area contributed by atoms with Crippen molar-refractivity contribution in [2.24, 2.45) is 10.9 Å². The number of amides is 1. The molecule has 1 unspecified atom stereocenters. The summed E-state index contributed by atoms with van der Waals surface area (Å²) in [5, 5.41) is 6.50. The van der Waals surface area contributed by atoms with E-state index in [2.05, 4.69) is 15.6 Å². The summed E-state index contributed by atoms with van der Waals surface area (Å²) in [4.78, 5) is 30.7. The molecule has 1 saturated carbocycles. The minimum Gasteiger partial charge on any atom is -0.459 e. The van der Waals surface area contributed by atoms with Crippen LogP contribution in [0.1, 0.15) is 59.8 Å². The van der Waals surface area contributed by atoms with E-state index in [9.17, 15) is 9.59 Å². The van der Waals surface area contributed by atoms with E-state index in [-0.39, 0.29) is 48.5 Å². The minimum atomic E-state index is -0.509. The highest BCUT2D eigenvalue weighted by Crippen LogP contribution is 2.27. The van der Waals surface area contributed by atoms with Crippen molar-refractivity contribution in [3.63, 3.8) is 0 Å². The highest BCUT2D eigenvalue weighted by atomic mass is 127. The zero-order valence-electron chi connectivity index (χ0n) is 17.0. The van der Waals surface area contributed by atoms with Gasteiger partial charge in [0.15, 0.2) is 5.96 Å². The average molecular weight is 494 g/mol. The molecule has 2 aliphatic rings. The minimum absolute atomic E-state index is 0. The molecule has 1 atom stereocenters. The lowest BCUT2D eigenvalue weighted by molar-refractivity contribution is -0.152. The monoisotopic (exact) mass is 494 g/mol. The smallest absolute Gasteiger partial charge is 0.328 e. The van der Waals surface area contributed by atoms with Gasteiger partial charge in [0, 0.05) is 31.6 Å². The Morgan fingerprint density at radius 2 is 1.85 bits per heavy atom. The topological polar surface area (TPSA) is 83.0 Å². The van der Waals surface area contributed by atoms with Gasteiger partial charge < -0.3 is 20.3 Å². The molecule has 8 heteroatoms. The van der Waals surface area contributed by atoms with Crippen molar-refractivity contribution in [2.75, 3.05) is 26.2 Å². The number of carbonyl (C=O) groups excluding carboxylic acids is 2. The number of carbonyl (C=O) groups is 2. The second kappa shape index (κ2) is 11.1. The highest BCUT2D eigenvalue weighted by Gasteiger charge is 2.32. The normalized spacial score (nSPS) is 21.0. The number of rotatable bonds is 5. The summed E-state index contributed by atoms with van der Waals surface area (Å²) >= 11 is 0. The predicted molar refractivity (Wildman–Crippen MR) is 117 cm³/mol. The number of hydrogen-bond donors (Lipinski definition) is 2. The van der Waals surface area contributed by atoms with Crippen LogP contribution in [0, 0.1) is 5.92 Å². The Labute approximate surface area is 180 Å². The van der Waals surface area contributed by atoms with Crippen LogP contribution in [0.4, 0.5) is 0 Å². The Balaban J connectivity index is 0.00000364. The third-order valence-corrected chi connectivity index (χ3v) is 4.68. The van der Waals surface area contributed by atoms with E-state index in [1.54, 1.807) is 0 Å². The Bertz CT molecular complexity index is 528. The first-order valence-electron chi connectivity index (χ1n) is 9.84. The van der Waals surface area contributed by atoms with Crippen molar-refractivity contribution in [3.8, 4) is 0 Å². The summed E-state index contributed by atoms with van der Waals surface area (Å²) in [6, 6.07) is 0.164. The molecular formula is C19H35IN4O3. The number of esters is 1. The number of ether oxygens (including phenoxy) is 1. The molecule has 1 aliphatic carbocycles. The maximum Gasteiger partial charge on any atom is 0.328 e. The maximum absolute atomic E-state index is 12.5. The summed E-state index contributed by atoms with van der Waals surface area (Å²) < 4.78 is 5.29. The van der Waals surface area contributed by atoms with Crippen molar-refractivity contribution in [2.45, 2.75) is 71.4 Å². The molecule has 0 aromatic heterocycles. The second-order valence-electron chi connectivity index (χ2n) is 8.18. The van der Waals surface area contributed by atoms with Gasteiger partial charge in [0.1, 0.15) is 12.1 Å². The van der Waals surface area contributed by atoms with Gasteiger partial charge in [-0.1, -0.05) is 12.8 Å². The molecule has 7 nitrogen and oxygen atoms in total. The zero-order valence-corrected chi connectivity index (χ0v) is 19.4. The van der Waals surface area contributed by atoms with Crippen LogP contribution < -0.4 is 10.6 Å². The van der Waals surface area contributed by atoms with Crippen molar-refractivity contribution in [3.05, 3.63) is 0 Å². The van der Waals surface area contributed by atoms with Crippen LogP contribution >= 0.6 is 24.0 Å². The molecule has 1 amide bonds. The fraction of sp³-hybridized carbons (Fsp3) is 0.842. The highest BCUT2D eigenvalue weighted by molar-refractivity contribution is 14.0. The molecule has 0 spiro atoms. The van der Waals surface area contributed by atoms with Gasteiger partial charge in [-0.2, -0.15) is 0 Å². The van der Waals surface area contributed by atoms with Crippen LogP contribution in [0.25, 0.3) is 0 Å². The molecular weight excluding hydrogens is 459 g/mol. The maximum atomic E-state index is 12.5. The predicted octanol–water partition coefficient (Wildman–Crippen LogP) is 2.29. The van der Waals surface area contributed by atoms with Gasteiger partial charge in [0.05, 0.1) is 0 Å². The molecule has 0 radical (unpaired) electrons. The molecule has 27 heavy (non-hydrogen) atoms. The molecule has 0 bridgehead atoms. The third kappa shape index (κ3) is 8.23. The first-order valence-corrected chi connectivity index (χ1v) is 9.84. The van der Waals surface area contributed by atoms with Gasteiger partial charge in [0.25, 0.3) is 0 Å². The van der Waals surface area contributed by atoms with Crippen molar-refractivity contribution >= 4 is 41.8 Å². The number of nitrogens with zero attached hydrogens (tertiary/aromatic N) is 2. The number of hydrogen-bond acceptors (Lipinski definition) is 4. The van der Waals surface area contributed by atoms with Gasteiger partial charge in [-0.15, -0.1) is 24.0 Å². The first-order chi connectivity index (χ1) is 12.3. The Morgan fingerprint density at radius 3 is 2.44 bits per heavy atom. The lowest BCUT2D eigenvalue weighted by Gasteiger charge is -2.22. The molecule has 2 N–H and O–H groups in total.